The van der Waals surface area contributed by atoms with Crippen LogP contribution < -0.4 is 0 Å². The number of halogens is 1. The molecule has 0 spiro atoms. The summed E-state index contributed by atoms with van der Waals surface area (Å²) in [6.45, 7) is 6.47. The van der Waals surface area contributed by atoms with E-state index in [0.717, 1.165) is 4.47 Å². The number of rotatable bonds is 3. The van der Waals surface area contributed by atoms with Crippen LogP contribution in [0.5, 0.6) is 0 Å². The van der Waals surface area contributed by atoms with Crippen molar-refractivity contribution in [3.63, 3.8) is 0 Å². The van der Waals surface area contributed by atoms with Gasteiger partial charge in [-0.3, -0.25) is 9.59 Å². The van der Waals surface area contributed by atoms with E-state index in [2.05, 4.69) is 15.9 Å². The van der Waals surface area contributed by atoms with Crippen LogP contribution in [0.25, 0.3) is 0 Å². The smallest absolute Gasteiger partial charge is 0.311 e. The molecule has 0 unspecified atom stereocenters. The number of carbonyl (C=O) groups is 2. The van der Waals surface area contributed by atoms with Crippen LogP contribution in [0.15, 0.2) is 16.7 Å². The molecule has 20 heavy (non-hydrogen) atoms. The van der Waals surface area contributed by atoms with Gasteiger partial charge in [0.25, 0.3) is 5.91 Å². The van der Waals surface area contributed by atoms with Crippen LogP contribution in [0.2, 0.25) is 0 Å². The molecule has 0 saturated carbocycles. The number of aromatic nitrogens is 1. The molecule has 110 valence electrons. The molecule has 1 amide bonds. The van der Waals surface area contributed by atoms with Crippen molar-refractivity contribution >= 4 is 27.8 Å². The highest BCUT2D eigenvalue weighted by Crippen LogP contribution is 2.31. The molecule has 1 aliphatic heterocycles. The first-order chi connectivity index (χ1) is 9.24. The van der Waals surface area contributed by atoms with Gasteiger partial charge in [-0.15, -0.1) is 0 Å². The predicted octanol–water partition coefficient (Wildman–Crippen LogP) is 2.77. The van der Waals surface area contributed by atoms with E-state index in [1.165, 1.54) is 0 Å². The molecule has 1 fully saturated rings. The molecular weight excluding hydrogens is 324 g/mol. The Morgan fingerprint density at radius 3 is 2.60 bits per heavy atom. The van der Waals surface area contributed by atoms with E-state index >= 15 is 0 Å². The second kappa shape index (κ2) is 5.24. The van der Waals surface area contributed by atoms with Gasteiger partial charge in [0.1, 0.15) is 5.69 Å². The minimum absolute atomic E-state index is 0.102. The number of hydrogen-bond donors (Lipinski definition) is 1. The highest BCUT2D eigenvalue weighted by atomic mass is 79.9. The van der Waals surface area contributed by atoms with Crippen molar-refractivity contribution in [3.8, 4) is 0 Å². The summed E-state index contributed by atoms with van der Waals surface area (Å²) in [5.74, 6) is -0.942. The van der Waals surface area contributed by atoms with E-state index in [-0.39, 0.29) is 18.5 Å². The fourth-order valence-electron chi connectivity index (χ4n) is 2.52. The quantitative estimate of drug-likeness (QED) is 0.918. The third-order valence-corrected chi connectivity index (χ3v) is 4.30. The lowest BCUT2D eigenvalue weighted by atomic mass is 9.90. The summed E-state index contributed by atoms with van der Waals surface area (Å²) in [5, 5.41) is 9.24. The Labute approximate surface area is 126 Å². The van der Waals surface area contributed by atoms with Gasteiger partial charge in [0.05, 0.1) is 5.41 Å². The highest BCUT2D eigenvalue weighted by Gasteiger charge is 2.42. The third kappa shape index (κ3) is 2.61. The van der Waals surface area contributed by atoms with Crippen molar-refractivity contribution < 1.29 is 14.7 Å². The molecule has 1 aromatic heterocycles. The molecule has 5 nitrogen and oxygen atoms in total. The predicted molar refractivity (Wildman–Crippen MR) is 78.8 cm³/mol. The Balaban J connectivity index is 2.24. The van der Waals surface area contributed by atoms with Gasteiger partial charge >= 0.3 is 5.97 Å². The van der Waals surface area contributed by atoms with Crippen molar-refractivity contribution in [3.05, 3.63) is 22.4 Å². The molecule has 0 aromatic carbocycles. The molecule has 1 aliphatic rings. The maximum Gasteiger partial charge on any atom is 0.311 e. The SMILES string of the molecule is CC(C)n1cc(Br)cc1C(=O)N1CC[C@](C)(C(=O)O)C1. The molecule has 1 N–H and O–H groups in total. The van der Waals surface area contributed by atoms with E-state index in [1.807, 2.05) is 24.6 Å². The lowest BCUT2D eigenvalue weighted by Crippen LogP contribution is -2.35. The number of hydrogen-bond acceptors (Lipinski definition) is 2. The summed E-state index contributed by atoms with van der Waals surface area (Å²) in [7, 11) is 0. The Kier molecular flexibility index (Phi) is 3.95. The summed E-state index contributed by atoms with van der Waals surface area (Å²) in [5.41, 5.74) is -0.233. The zero-order chi connectivity index (χ0) is 15.1. The van der Waals surface area contributed by atoms with E-state index < -0.39 is 11.4 Å². The topological polar surface area (TPSA) is 62.5 Å². The molecule has 1 saturated heterocycles. The van der Waals surface area contributed by atoms with E-state index in [0.29, 0.717) is 18.7 Å². The maximum atomic E-state index is 12.6. The van der Waals surface area contributed by atoms with Crippen LogP contribution in [0.1, 0.15) is 43.7 Å². The summed E-state index contributed by atoms with van der Waals surface area (Å²) in [6.07, 6.45) is 2.38. The fraction of sp³-hybridized carbons (Fsp3) is 0.571. The summed E-state index contributed by atoms with van der Waals surface area (Å²) < 4.78 is 2.76. The van der Waals surface area contributed by atoms with Gasteiger partial charge in [-0.1, -0.05) is 0 Å². The minimum atomic E-state index is -0.840. The van der Waals surface area contributed by atoms with Gasteiger partial charge in [0, 0.05) is 29.8 Å². The van der Waals surface area contributed by atoms with Crippen LogP contribution in [0, 0.1) is 5.41 Å². The monoisotopic (exact) mass is 342 g/mol. The second-order valence-electron chi connectivity index (χ2n) is 5.89. The van der Waals surface area contributed by atoms with Crippen LogP contribution >= 0.6 is 15.9 Å². The van der Waals surface area contributed by atoms with Crippen LogP contribution in [0.3, 0.4) is 0 Å². The third-order valence-electron chi connectivity index (χ3n) is 3.87. The van der Waals surface area contributed by atoms with Gasteiger partial charge in [-0.2, -0.15) is 0 Å². The standard InChI is InChI=1S/C14H19BrN2O3/c1-9(2)17-7-10(15)6-11(17)12(18)16-5-4-14(3,8-16)13(19)20/h6-7,9H,4-5,8H2,1-3H3,(H,19,20)/t14-/m0/s1. The molecule has 2 heterocycles. The zero-order valence-electron chi connectivity index (χ0n) is 11.9. The fourth-order valence-corrected chi connectivity index (χ4v) is 2.95. The van der Waals surface area contributed by atoms with E-state index in [9.17, 15) is 14.7 Å². The Hall–Kier alpha value is -1.30. The Morgan fingerprint density at radius 2 is 2.10 bits per heavy atom. The maximum absolute atomic E-state index is 12.6. The van der Waals surface area contributed by atoms with Gasteiger partial charge in [-0.25, -0.2) is 0 Å². The largest absolute Gasteiger partial charge is 0.481 e. The number of nitrogens with zero attached hydrogens (tertiary/aromatic N) is 2. The van der Waals surface area contributed by atoms with Crippen molar-refractivity contribution in [1.82, 2.24) is 9.47 Å². The van der Waals surface area contributed by atoms with Gasteiger partial charge in [0.2, 0.25) is 0 Å². The van der Waals surface area contributed by atoms with Crippen molar-refractivity contribution in [2.45, 2.75) is 33.2 Å². The summed E-state index contributed by atoms with van der Waals surface area (Å²) in [4.78, 5) is 25.5. The molecule has 0 aliphatic carbocycles. The van der Waals surface area contributed by atoms with E-state index in [4.69, 9.17) is 0 Å². The molecule has 6 heteroatoms. The molecular formula is C14H19BrN2O3. The number of aliphatic carboxylic acids is 1. The first kappa shape index (κ1) is 15.1. The zero-order valence-corrected chi connectivity index (χ0v) is 13.5. The van der Waals surface area contributed by atoms with Crippen molar-refractivity contribution in [1.29, 1.82) is 0 Å². The first-order valence-corrected chi connectivity index (χ1v) is 7.44. The summed E-state index contributed by atoms with van der Waals surface area (Å²) in [6, 6.07) is 1.97. The van der Waals surface area contributed by atoms with Crippen LogP contribution in [0.4, 0.5) is 0 Å². The number of likely N-dealkylation sites (tertiary alicyclic amines) is 1. The first-order valence-electron chi connectivity index (χ1n) is 6.64. The molecule has 0 radical (unpaired) electrons. The number of amides is 1. The molecule has 1 aromatic rings. The number of carbonyl (C=O) groups excluding carboxylic acids is 1. The van der Waals surface area contributed by atoms with Crippen molar-refractivity contribution in [2.24, 2.45) is 5.41 Å². The molecule has 2 rings (SSSR count). The van der Waals surface area contributed by atoms with Gasteiger partial charge in [0.15, 0.2) is 0 Å². The Morgan fingerprint density at radius 1 is 1.45 bits per heavy atom. The number of carboxylic acids is 1. The second-order valence-corrected chi connectivity index (χ2v) is 6.80. The lowest BCUT2D eigenvalue weighted by molar-refractivity contribution is -0.147. The summed E-state index contributed by atoms with van der Waals surface area (Å²) >= 11 is 3.39. The molecule has 1 atom stereocenters. The minimum Gasteiger partial charge on any atom is -0.481 e. The van der Waals surface area contributed by atoms with Gasteiger partial charge in [-0.05, 0) is 49.2 Å². The average Bonchev–Trinajstić information content (AvgIpc) is 2.93. The highest BCUT2D eigenvalue weighted by molar-refractivity contribution is 9.10. The van der Waals surface area contributed by atoms with E-state index in [1.54, 1.807) is 17.9 Å². The van der Waals surface area contributed by atoms with Crippen LogP contribution in [-0.2, 0) is 4.79 Å². The number of carboxylic acid groups (broad SMARTS) is 1. The van der Waals surface area contributed by atoms with Crippen molar-refractivity contribution in [2.75, 3.05) is 13.1 Å². The average molecular weight is 343 g/mol. The normalized spacial score (nSPS) is 22.6. The lowest BCUT2D eigenvalue weighted by Gasteiger charge is -2.21. The van der Waals surface area contributed by atoms with Crippen LogP contribution in [-0.4, -0.2) is 39.5 Å². The Bertz CT molecular complexity index is 553. The molecule has 0 bridgehead atoms. The van der Waals surface area contributed by atoms with Gasteiger partial charge < -0.3 is 14.6 Å².